The Bertz CT molecular complexity index is 682. The minimum absolute atomic E-state index is 0.0582. The predicted molar refractivity (Wildman–Crippen MR) is 79.7 cm³/mol. The highest BCUT2D eigenvalue weighted by Gasteiger charge is 2.07. The first kappa shape index (κ1) is 15.3. The lowest BCUT2D eigenvalue weighted by atomic mass is 10.1. The van der Waals surface area contributed by atoms with E-state index in [2.05, 4.69) is 5.32 Å². The number of rotatable bonds is 5. The van der Waals surface area contributed by atoms with Crippen LogP contribution in [-0.2, 0) is 13.2 Å². The Morgan fingerprint density at radius 2 is 2.10 bits per heavy atom. The first-order chi connectivity index (χ1) is 10.1. The summed E-state index contributed by atoms with van der Waals surface area (Å²) in [5, 5.41) is 12.2. The van der Waals surface area contributed by atoms with Crippen molar-refractivity contribution in [1.82, 2.24) is 5.32 Å². The number of nitrogens with one attached hydrogen (secondary N) is 1. The largest absolute Gasteiger partial charge is 0.487 e. The molecule has 0 unspecified atom stereocenters. The lowest BCUT2D eigenvalue weighted by Crippen LogP contribution is -2.05. The van der Waals surface area contributed by atoms with Crippen molar-refractivity contribution in [2.75, 3.05) is 7.05 Å². The average molecular weight is 305 g/mol. The predicted octanol–water partition coefficient (Wildman–Crippen LogP) is 3.65. The van der Waals surface area contributed by atoms with Crippen LogP contribution in [0.1, 0.15) is 16.7 Å². The minimum Gasteiger partial charge on any atom is -0.487 e. The standard InChI is InChI=1S/C16H14ClFN2O/c1-20-9-12-3-5-16(14(17)6-12)21-10-13-4-2-11(8-19)7-15(13)18/h2-7,20H,9-10H2,1H3. The van der Waals surface area contributed by atoms with Crippen molar-refractivity contribution in [2.24, 2.45) is 0 Å². The fourth-order valence-corrected chi connectivity index (χ4v) is 2.12. The Morgan fingerprint density at radius 1 is 1.29 bits per heavy atom. The lowest BCUT2D eigenvalue weighted by molar-refractivity contribution is 0.300. The van der Waals surface area contributed by atoms with Gasteiger partial charge in [0.1, 0.15) is 18.2 Å². The maximum atomic E-state index is 13.7. The van der Waals surface area contributed by atoms with Crippen molar-refractivity contribution in [2.45, 2.75) is 13.2 Å². The quantitative estimate of drug-likeness (QED) is 0.917. The zero-order valence-corrected chi connectivity index (χ0v) is 12.2. The molecule has 0 radical (unpaired) electrons. The van der Waals surface area contributed by atoms with Gasteiger partial charge in [-0.05, 0) is 36.9 Å². The van der Waals surface area contributed by atoms with E-state index in [1.165, 1.54) is 12.1 Å². The van der Waals surface area contributed by atoms with Gasteiger partial charge in [-0.3, -0.25) is 0 Å². The average Bonchev–Trinajstić information content (AvgIpc) is 2.48. The third kappa shape index (κ3) is 3.94. The summed E-state index contributed by atoms with van der Waals surface area (Å²) in [4.78, 5) is 0. The van der Waals surface area contributed by atoms with Crippen LogP contribution in [0.2, 0.25) is 5.02 Å². The van der Waals surface area contributed by atoms with Gasteiger partial charge in [-0.15, -0.1) is 0 Å². The number of benzene rings is 2. The van der Waals surface area contributed by atoms with Gasteiger partial charge in [-0.1, -0.05) is 23.7 Å². The number of nitrogens with zero attached hydrogens (tertiary/aromatic N) is 1. The van der Waals surface area contributed by atoms with E-state index in [0.29, 0.717) is 22.9 Å². The molecule has 3 nitrogen and oxygen atoms in total. The molecular formula is C16H14ClFN2O. The number of halogens is 2. The van der Waals surface area contributed by atoms with Crippen LogP contribution < -0.4 is 10.1 Å². The second-order valence-corrected chi connectivity index (χ2v) is 4.91. The summed E-state index contributed by atoms with van der Waals surface area (Å²) in [7, 11) is 1.85. The molecule has 0 saturated carbocycles. The molecule has 21 heavy (non-hydrogen) atoms. The van der Waals surface area contributed by atoms with Gasteiger partial charge >= 0.3 is 0 Å². The zero-order valence-electron chi connectivity index (χ0n) is 11.5. The van der Waals surface area contributed by atoms with Gasteiger partial charge in [0.25, 0.3) is 0 Å². The Balaban J connectivity index is 2.08. The molecule has 2 aromatic carbocycles. The van der Waals surface area contributed by atoms with E-state index in [0.717, 1.165) is 5.56 Å². The van der Waals surface area contributed by atoms with Crippen molar-refractivity contribution < 1.29 is 9.13 Å². The van der Waals surface area contributed by atoms with Crippen LogP contribution in [0, 0.1) is 17.1 Å². The minimum atomic E-state index is -0.461. The van der Waals surface area contributed by atoms with Gasteiger partial charge in [0.2, 0.25) is 0 Å². The summed E-state index contributed by atoms with van der Waals surface area (Å²) in [5.74, 6) is 0.0391. The first-order valence-electron chi connectivity index (χ1n) is 6.38. The number of ether oxygens (including phenoxy) is 1. The van der Waals surface area contributed by atoms with Crippen molar-refractivity contribution in [3.63, 3.8) is 0 Å². The third-order valence-corrected chi connectivity index (χ3v) is 3.24. The van der Waals surface area contributed by atoms with Crippen molar-refractivity contribution in [3.8, 4) is 11.8 Å². The highest BCUT2D eigenvalue weighted by Crippen LogP contribution is 2.26. The van der Waals surface area contributed by atoms with Crippen LogP contribution >= 0.6 is 11.6 Å². The van der Waals surface area contributed by atoms with Crippen molar-refractivity contribution in [3.05, 3.63) is 63.9 Å². The molecule has 1 N–H and O–H groups in total. The summed E-state index contributed by atoms with van der Waals surface area (Å²) >= 11 is 6.13. The van der Waals surface area contributed by atoms with Crippen LogP contribution in [0.5, 0.6) is 5.75 Å². The lowest BCUT2D eigenvalue weighted by Gasteiger charge is -2.10. The summed E-state index contributed by atoms with van der Waals surface area (Å²) in [6.45, 7) is 0.771. The van der Waals surface area contributed by atoms with Gasteiger partial charge in [-0.2, -0.15) is 5.26 Å². The number of nitriles is 1. The van der Waals surface area contributed by atoms with E-state index in [4.69, 9.17) is 21.6 Å². The maximum absolute atomic E-state index is 13.7. The second-order valence-electron chi connectivity index (χ2n) is 4.50. The molecule has 108 valence electrons. The molecule has 0 heterocycles. The van der Waals surface area contributed by atoms with E-state index >= 15 is 0 Å². The Kier molecular flexibility index (Phi) is 5.15. The fourth-order valence-electron chi connectivity index (χ4n) is 1.86. The Morgan fingerprint density at radius 3 is 2.71 bits per heavy atom. The molecule has 0 aliphatic heterocycles. The van der Waals surface area contributed by atoms with Crippen LogP contribution in [-0.4, -0.2) is 7.05 Å². The summed E-state index contributed by atoms with van der Waals surface area (Å²) in [6, 6.07) is 11.6. The Hall–Kier alpha value is -2.09. The Labute approximate surface area is 127 Å². The van der Waals surface area contributed by atoms with Gasteiger partial charge in [0, 0.05) is 12.1 Å². The topological polar surface area (TPSA) is 45.0 Å². The summed E-state index contributed by atoms with van der Waals surface area (Å²) in [5.41, 5.74) is 1.70. The maximum Gasteiger partial charge on any atom is 0.138 e. The van der Waals surface area contributed by atoms with E-state index in [-0.39, 0.29) is 12.2 Å². The molecule has 0 aliphatic carbocycles. The van der Waals surface area contributed by atoms with Crippen molar-refractivity contribution in [1.29, 1.82) is 5.26 Å². The van der Waals surface area contributed by atoms with Gasteiger partial charge in [-0.25, -0.2) is 4.39 Å². The molecule has 0 amide bonds. The number of hydrogen-bond acceptors (Lipinski definition) is 3. The van der Waals surface area contributed by atoms with Crippen LogP contribution in [0.4, 0.5) is 4.39 Å². The van der Waals surface area contributed by atoms with E-state index in [1.54, 1.807) is 12.1 Å². The molecule has 0 aliphatic rings. The van der Waals surface area contributed by atoms with Crippen LogP contribution in [0.15, 0.2) is 36.4 Å². The fraction of sp³-hybridized carbons (Fsp3) is 0.188. The smallest absolute Gasteiger partial charge is 0.138 e. The zero-order chi connectivity index (χ0) is 15.2. The molecule has 0 aromatic heterocycles. The molecule has 2 aromatic rings. The molecule has 0 fully saturated rings. The van der Waals surface area contributed by atoms with E-state index in [1.807, 2.05) is 25.2 Å². The molecule has 2 rings (SSSR count). The molecular weight excluding hydrogens is 291 g/mol. The highest BCUT2D eigenvalue weighted by molar-refractivity contribution is 6.32. The summed E-state index contributed by atoms with van der Waals surface area (Å²) < 4.78 is 19.3. The first-order valence-corrected chi connectivity index (χ1v) is 6.76. The molecule has 0 saturated heterocycles. The monoisotopic (exact) mass is 304 g/mol. The SMILES string of the molecule is CNCc1ccc(OCc2ccc(C#N)cc2F)c(Cl)c1. The highest BCUT2D eigenvalue weighted by atomic mass is 35.5. The van der Waals surface area contributed by atoms with E-state index < -0.39 is 5.82 Å². The summed E-state index contributed by atoms with van der Waals surface area (Å²) in [6.07, 6.45) is 0. The van der Waals surface area contributed by atoms with Crippen molar-refractivity contribution >= 4 is 11.6 Å². The molecule has 0 spiro atoms. The molecule has 0 atom stereocenters. The second kappa shape index (κ2) is 7.07. The van der Waals surface area contributed by atoms with E-state index in [9.17, 15) is 4.39 Å². The molecule has 5 heteroatoms. The molecule has 0 bridgehead atoms. The van der Waals surface area contributed by atoms with Crippen LogP contribution in [0.3, 0.4) is 0 Å². The normalized spacial score (nSPS) is 10.2. The van der Waals surface area contributed by atoms with Gasteiger partial charge in [0.15, 0.2) is 0 Å². The van der Waals surface area contributed by atoms with Gasteiger partial charge < -0.3 is 10.1 Å². The van der Waals surface area contributed by atoms with Crippen LogP contribution in [0.25, 0.3) is 0 Å². The van der Waals surface area contributed by atoms with Gasteiger partial charge in [0.05, 0.1) is 16.7 Å². The third-order valence-electron chi connectivity index (χ3n) is 2.94. The number of hydrogen-bond donors (Lipinski definition) is 1.